The Morgan fingerprint density at radius 1 is 0.795 bits per heavy atom. The van der Waals surface area contributed by atoms with Crippen molar-refractivity contribution >= 4 is 10.8 Å². The van der Waals surface area contributed by atoms with Crippen LogP contribution in [0.25, 0.3) is 10.8 Å². The Hall–Kier alpha value is -3.68. The Kier molecular flexibility index (Phi) is 9.74. The number of fused-ring (bicyclic) bond motifs is 1. The second-order valence-corrected chi connectivity index (χ2v) is 9.40. The van der Waals surface area contributed by atoms with Crippen LogP contribution in [0.15, 0.2) is 60.8 Å². The average molecular weight is 544 g/mol. The maximum absolute atomic E-state index is 15.2. The van der Waals surface area contributed by atoms with Gasteiger partial charge in [0.05, 0.1) is 12.8 Å². The highest BCUT2D eigenvalue weighted by Crippen LogP contribution is 2.27. The fourth-order valence-corrected chi connectivity index (χ4v) is 4.43. The second-order valence-electron chi connectivity index (χ2n) is 9.40. The summed E-state index contributed by atoms with van der Waals surface area (Å²) in [4.78, 5) is 4.48. The molecule has 0 bridgehead atoms. The molecule has 4 aromatic rings. The molecule has 8 heteroatoms. The third kappa shape index (κ3) is 7.68. The van der Waals surface area contributed by atoms with Crippen LogP contribution in [0.3, 0.4) is 0 Å². The highest BCUT2D eigenvalue weighted by Gasteiger charge is 2.17. The van der Waals surface area contributed by atoms with Crippen LogP contribution in [0, 0.1) is 17.5 Å². The minimum atomic E-state index is -3.34. The van der Waals surface area contributed by atoms with Crippen molar-refractivity contribution in [3.8, 4) is 11.5 Å². The molecular formula is C31H30F5NO2. The summed E-state index contributed by atoms with van der Waals surface area (Å²) in [6.07, 6.45) is 6.84. The Balaban J connectivity index is 1.36. The van der Waals surface area contributed by atoms with Crippen LogP contribution in [0.4, 0.5) is 22.0 Å². The quantitative estimate of drug-likeness (QED) is 0.125. The summed E-state index contributed by atoms with van der Waals surface area (Å²) >= 11 is 0. The number of alkyl halides is 2. The molecule has 1 aromatic heterocycles. The standard InChI is InChI=1S/C31H30F5NO2/c1-2-3-4-15-38-25-13-12-24(37-19-25)11-6-20-7-14-26-23(16-20)10-9-22(29(26)34)8-5-21-17-27(32)30(28(33)18-21)39-31(35)36/h7,9-10,12-14,16-19,31H,2-6,8,11,15H2,1H3. The van der Waals surface area contributed by atoms with Crippen molar-refractivity contribution in [1.82, 2.24) is 4.98 Å². The van der Waals surface area contributed by atoms with Crippen LogP contribution in [0.1, 0.15) is 48.6 Å². The lowest BCUT2D eigenvalue weighted by molar-refractivity contribution is -0.0546. The van der Waals surface area contributed by atoms with E-state index in [-0.39, 0.29) is 18.4 Å². The fourth-order valence-electron chi connectivity index (χ4n) is 4.43. The number of hydrogen-bond acceptors (Lipinski definition) is 3. The van der Waals surface area contributed by atoms with E-state index in [4.69, 9.17) is 4.74 Å². The topological polar surface area (TPSA) is 31.4 Å². The summed E-state index contributed by atoms with van der Waals surface area (Å²) in [7, 11) is 0. The summed E-state index contributed by atoms with van der Waals surface area (Å²) in [5.74, 6) is -3.20. The minimum absolute atomic E-state index is 0.124. The summed E-state index contributed by atoms with van der Waals surface area (Å²) in [5, 5.41) is 1.21. The molecule has 0 aliphatic heterocycles. The molecule has 0 N–H and O–H groups in total. The van der Waals surface area contributed by atoms with E-state index in [1.165, 1.54) is 0 Å². The van der Waals surface area contributed by atoms with Gasteiger partial charge in [0, 0.05) is 11.1 Å². The van der Waals surface area contributed by atoms with Gasteiger partial charge in [0.1, 0.15) is 11.6 Å². The van der Waals surface area contributed by atoms with E-state index in [0.717, 1.165) is 66.6 Å². The number of hydrogen-bond donors (Lipinski definition) is 0. The first-order valence-electron chi connectivity index (χ1n) is 13.0. The van der Waals surface area contributed by atoms with Gasteiger partial charge in [-0.15, -0.1) is 0 Å². The van der Waals surface area contributed by atoms with Gasteiger partial charge in [-0.1, -0.05) is 50.1 Å². The zero-order valence-corrected chi connectivity index (χ0v) is 21.7. The molecule has 0 atom stereocenters. The van der Waals surface area contributed by atoms with Crippen LogP contribution in [0.2, 0.25) is 0 Å². The lowest BCUT2D eigenvalue weighted by Gasteiger charge is -2.11. The maximum Gasteiger partial charge on any atom is 0.387 e. The van der Waals surface area contributed by atoms with Crippen molar-refractivity contribution in [2.45, 2.75) is 58.5 Å². The SMILES string of the molecule is CCCCCOc1ccc(CCc2ccc3c(F)c(CCc4cc(F)c(OC(F)F)c(F)c4)ccc3c2)nc1. The molecule has 39 heavy (non-hydrogen) atoms. The third-order valence-corrected chi connectivity index (χ3v) is 6.53. The van der Waals surface area contributed by atoms with Gasteiger partial charge in [-0.25, -0.2) is 13.2 Å². The number of benzene rings is 3. The van der Waals surface area contributed by atoms with Crippen molar-refractivity contribution in [2.75, 3.05) is 6.61 Å². The zero-order chi connectivity index (χ0) is 27.8. The van der Waals surface area contributed by atoms with Crippen molar-refractivity contribution < 1.29 is 31.4 Å². The number of aromatic nitrogens is 1. The van der Waals surface area contributed by atoms with E-state index in [9.17, 15) is 17.6 Å². The molecule has 4 rings (SSSR count). The largest absolute Gasteiger partial charge is 0.492 e. The average Bonchev–Trinajstić information content (AvgIpc) is 2.92. The number of unbranched alkanes of at least 4 members (excludes halogenated alkanes) is 2. The van der Waals surface area contributed by atoms with Crippen LogP contribution in [-0.2, 0) is 25.7 Å². The molecule has 3 nitrogen and oxygen atoms in total. The van der Waals surface area contributed by atoms with Gasteiger partial charge < -0.3 is 9.47 Å². The summed E-state index contributed by atoms with van der Waals surface area (Å²) in [6.45, 7) is -0.499. The van der Waals surface area contributed by atoms with Crippen LogP contribution < -0.4 is 9.47 Å². The molecular weight excluding hydrogens is 513 g/mol. The molecule has 0 saturated carbocycles. The van der Waals surface area contributed by atoms with Gasteiger partial charge in [0.15, 0.2) is 17.4 Å². The summed E-state index contributed by atoms with van der Waals surface area (Å²) < 4.78 is 77.5. The van der Waals surface area contributed by atoms with E-state index >= 15 is 4.39 Å². The monoisotopic (exact) mass is 543 g/mol. The van der Waals surface area contributed by atoms with E-state index in [0.29, 0.717) is 17.6 Å². The third-order valence-electron chi connectivity index (χ3n) is 6.53. The molecule has 0 saturated heterocycles. The van der Waals surface area contributed by atoms with Crippen LogP contribution >= 0.6 is 0 Å². The first kappa shape index (κ1) is 28.3. The smallest absolute Gasteiger partial charge is 0.387 e. The van der Waals surface area contributed by atoms with Gasteiger partial charge in [-0.05, 0) is 78.4 Å². The Labute approximate surface area is 224 Å². The van der Waals surface area contributed by atoms with Gasteiger partial charge in [-0.2, -0.15) is 8.78 Å². The highest BCUT2D eigenvalue weighted by atomic mass is 19.3. The van der Waals surface area contributed by atoms with Gasteiger partial charge in [0.2, 0.25) is 0 Å². The first-order chi connectivity index (χ1) is 18.8. The normalized spacial score (nSPS) is 11.4. The minimum Gasteiger partial charge on any atom is -0.492 e. The maximum atomic E-state index is 15.2. The van der Waals surface area contributed by atoms with E-state index in [1.807, 2.05) is 30.3 Å². The van der Waals surface area contributed by atoms with E-state index in [1.54, 1.807) is 18.3 Å². The molecule has 0 aliphatic rings. The number of ether oxygens (including phenoxy) is 2. The lowest BCUT2D eigenvalue weighted by atomic mass is 9.97. The van der Waals surface area contributed by atoms with Crippen molar-refractivity contribution in [3.63, 3.8) is 0 Å². The van der Waals surface area contributed by atoms with Crippen molar-refractivity contribution in [3.05, 3.63) is 101 Å². The highest BCUT2D eigenvalue weighted by molar-refractivity contribution is 5.84. The van der Waals surface area contributed by atoms with Crippen molar-refractivity contribution in [2.24, 2.45) is 0 Å². The van der Waals surface area contributed by atoms with E-state index < -0.39 is 29.8 Å². The Bertz CT molecular complexity index is 1370. The number of nitrogens with zero attached hydrogens (tertiary/aromatic N) is 1. The Morgan fingerprint density at radius 2 is 1.56 bits per heavy atom. The Morgan fingerprint density at radius 3 is 2.26 bits per heavy atom. The number of halogens is 5. The zero-order valence-electron chi connectivity index (χ0n) is 21.7. The molecule has 0 spiro atoms. The molecule has 0 unspecified atom stereocenters. The first-order valence-corrected chi connectivity index (χ1v) is 13.0. The number of aryl methyl sites for hydroxylation is 4. The number of rotatable bonds is 13. The molecule has 206 valence electrons. The molecule has 1 heterocycles. The second kappa shape index (κ2) is 13.4. The molecule has 0 radical (unpaired) electrons. The van der Waals surface area contributed by atoms with Gasteiger partial charge in [-0.3, -0.25) is 4.98 Å². The molecule has 0 aliphatic carbocycles. The van der Waals surface area contributed by atoms with Crippen molar-refractivity contribution in [1.29, 1.82) is 0 Å². The summed E-state index contributed by atoms with van der Waals surface area (Å²) in [5.41, 5.74) is 2.60. The molecule has 0 fully saturated rings. The predicted molar refractivity (Wildman–Crippen MR) is 141 cm³/mol. The van der Waals surface area contributed by atoms with Crippen LogP contribution in [-0.4, -0.2) is 18.2 Å². The van der Waals surface area contributed by atoms with Gasteiger partial charge in [0.25, 0.3) is 0 Å². The molecule has 0 amide bonds. The molecule has 3 aromatic carbocycles. The van der Waals surface area contributed by atoms with Crippen LogP contribution in [0.5, 0.6) is 11.5 Å². The lowest BCUT2D eigenvalue weighted by Crippen LogP contribution is -2.06. The predicted octanol–water partition coefficient (Wildman–Crippen LogP) is 8.39. The summed E-state index contributed by atoms with van der Waals surface area (Å²) in [6, 6.07) is 14.8. The van der Waals surface area contributed by atoms with E-state index in [2.05, 4.69) is 16.6 Å². The van der Waals surface area contributed by atoms with Gasteiger partial charge >= 0.3 is 6.61 Å². The number of pyridine rings is 1. The fraction of sp³-hybridized carbons (Fsp3) is 0.323.